The van der Waals surface area contributed by atoms with Crippen molar-refractivity contribution in [3.05, 3.63) is 47.5 Å². The number of hydrogen-bond donors (Lipinski definition) is 2. The van der Waals surface area contributed by atoms with Crippen molar-refractivity contribution in [3.8, 4) is 0 Å². The first-order chi connectivity index (χ1) is 10.8. The van der Waals surface area contributed by atoms with Crippen LogP contribution in [-0.4, -0.2) is 25.4 Å². The van der Waals surface area contributed by atoms with Crippen LogP contribution in [-0.2, 0) is 16.6 Å². The summed E-state index contributed by atoms with van der Waals surface area (Å²) in [6.45, 7) is 0.104. The molecule has 0 aliphatic heterocycles. The van der Waals surface area contributed by atoms with Crippen LogP contribution in [0.4, 0.5) is 19.0 Å². The van der Waals surface area contributed by atoms with Crippen LogP contribution in [0.15, 0.2) is 35.6 Å². The Balaban J connectivity index is 2.08. The predicted molar refractivity (Wildman–Crippen MR) is 77.0 cm³/mol. The average Bonchev–Trinajstić information content (AvgIpc) is 2.54. The van der Waals surface area contributed by atoms with E-state index in [0.29, 0.717) is 5.56 Å². The first-order valence-corrected chi connectivity index (χ1v) is 7.87. The second kappa shape index (κ2) is 6.92. The maximum absolute atomic E-state index is 13.2. The standard InChI is InChI=1S/C13H13F3N4O2S/c1-17-23(21,22)12-7-19-11(6-20-12)18-5-8-2-3-10(14)9(4-8)13(15)16/h2-4,6-7,13,17H,5H2,1H3,(H,18,19). The number of nitrogens with zero attached hydrogens (tertiary/aromatic N) is 2. The minimum atomic E-state index is -3.68. The van der Waals surface area contributed by atoms with E-state index in [0.717, 1.165) is 18.3 Å². The summed E-state index contributed by atoms with van der Waals surface area (Å²) in [4.78, 5) is 7.61. The minimum absolute atomic E-state index is 0.104. The van der Waals surface area contributed by atoms with Gasteiger partial charge in [0.2, 0.25) is 0 Å². The van der Waals surface area contributed by atoms with Gasteiger partial charge in [-0.25, -0.2) is 36.3 Å². The molecule has 0 spiro atoms. The lowest BCUT2D eigenvalue weighted by atomic mass is 10.1. The SMILES string of the molecule is CNS(=O)(=O)c1cnc(NCc2ccc(F)c(C(F)F)c2)cn1. The van der Waals surface area contributed by atoms with Crippen molar-refractivity contribution >= 4 is 15.8 Å². The highest BCUT2D eigenvalue weighted by Gasteiger charge is 2.15. The molecule has 1 heterocycles. The van der Waals surface area contributed by atoms with Gasteiger partial charge >= 0.3 is 0 Å². The van der Waals surface area contributed by atoms with E-state index in [1.54, 1.807) is 0 Å². The fourth-order valence-electron chi connectivity index (χ4n) is 1.71. The quantitative estimate of drug-likeness (QED) is 0.837. The Hall–Kier alpha value is -2.20. The molecule has 2 rings (SSSR count). The summed E-state index contributed by atoms with van der Waals surface area (Å²) in [5.41, 5.74) is -0.249. The number of anilines is 1. The highest BCUT2D eigenvalue weighted by molar-refractivity contribution is 7.89. The lowest BCUT2D eigenvalue weighted by Gasteiger charge is -2.08. The molecule has 0 fully saturated rings. The average molecular weight is 346 g/mol. The van der Waals surface area contributed by atoms with Crippen molar-refractivity contribution in [3.63, 3.8) is 0 Å². The number of nitrogens with one attached hydrogen (secondary N) is 2. The molecule has 124 valence electrons. The summed E-state index contributed by atoms with van der Waals surface area (Å²) < 4.78 is 63.5. The van der Waals surface area contributed by atoms with Crippen LogP contribution in [0.2, 0.25) is 0 Å². The van der Waals surface area contributed by atoms with Crippen molar-refractivity contribution in [2.75, 3.05) is 12.4 Å². The number of aromatic nitrogens is 2. The maximum Gasteiger partial charge on any atom is 0.266 e. The molecule has 0 aliphatic carbocycles. The van der Waals surface area contributed by atoms with Gasteiger partial charge < -0.3 is 5.32 Å². The Morgan fingerprint density at radius 3 is 2.52 bits per heavy atom. The molecule has 1 aromatic heterocycles. The first kappa shape index (κ1) is 17.2. The van der Waals surface area contributed by atoms with Gasteiger partial charge in [-0.3, -0.25) is 0 Å². The molecular formula is C13H13F3N4O2S. The summed E-state index contributed by atoms with van der Waals surface area (Å²) in [5, 5.41) is 2.54. The molecule has 23 heavy (non-hydrogen) atoms. The fraction of sp³-hybridized carbons (Fsp3) is 0.231. The molecule has 0 atom stereocenters. The van der Waals surface area contributed by atoms with Crippen molar-refractivity contribution < 1.29 is 21.6 Å². The fourth-order valence-corrected chi connectivity index (χ4v) is 2.31. The van der Waals surface area contributed by atoms with Crippen molar-refractivity contribution in [2.24, 2.45) is 0 Å². The largest absolute Gasteiger partial charge is 0.365 e. The van der Waals surface area contributed by atoms with Gasteiger partial charge in [-0.15, -0.1) is 0 Å². The van der Waals surface area contributed by atoms with Crippen molar-refractivity contribution in [1.29, 1.82) is 0 Å². The summed E-state index contributed by atoms with van der Waals surface area (Å²) >= 11 is 0. The Kier molecular flexibility index (Phi) is 5.16. The van der Waals surface area contributed by atoms with Gasteiger partial charge in [0.25, 0.3) is 16.4 Å². The van der Waals surface area contributed by atoms with Gasteiger partial charge in [-0.05, 0) is 24.7 Å². The lowest BCUT2D eigenvalue weighted by molar-refractivity contribution is 0.146. The second-order valence-corrected chi connectivity index (χ2v) is 6.29. The van der Waals surface area contributed by atoms with E-state index in [4.69, 9.17) is 0 Å². The number of benzene rings is 1. The molecule has 0 radical (unpaired) electrons. The molecule has 10 heteroatoms. The summed E-state index contributed by atoms with van der Waals surface area (Å²) in [6, 6.07) is 3.38. The Morgan fingerprint density at radius 2 is 1.96 bits per heavy atom. The van der Waals surface area contributed by atoms with Crippen LogP contribution < -0.4 is 10.0 Å². The number of rotatable bonds is 6. The van der Waals surface area contributed by atoms with Crippen molar-refractivity contribution in [2.45, 2.75) is 18.0 Å². The van der Waals surface area contributed by atoms with E-state index in [1.165, 1.54) is 19.3 Å². The molecule has 1 aromatic carbocycles. The number of hydrogen-bond acceptors (Lipinski definition) is 5. The molecule has 2 N–H and O–H groups in total. The van der Waals surface area contributed by atoms with Gasteiger partial charge in [0.1, 0.15) is 11.6 Å². The topological polar surface area (TPSA) is 84.0 Å². The molecule has 0 saturated heterocycles. The lowest BCUT2D eigenvalue weighted by Crippen LogP contribution is -2.20. The van der Waals surface area contributed by atoms with E-state index in [2.05, 4.69) is 20.0 Å². The zero-order chi connectivity index (χ0) is 17.0. The van der Waals surface area contributed by atoms with Crippen LogP contribution >= 0.6 is 0 Å². The highest BCUT2D eigenvalue weighted by Crippen LogP contribution is 2.23. The Bertz CT molecular complexity index is 782. The van der Waals surface area contributed by atoms with E-state index in [-0.39, 0.29) is 17.4 Å². The zero-order valence-electron chi connectivity index (χ0n) is 11.9. The molecule has 0 saturated carbocycles. The summed E-state index contributed by atoms with van der Waals surface area (Å²) in [7, 11) is -2.43. The van der Waals surface area contributed by atoms with Crippen LogP contribution in [0.5, 0.6) is 0 Å². The molecule has 2 aromatic rings. The van der Waals surface area contributed by atoms with Crippen molar-refractivity contribution in [1.82, 2.24) is 14.7 Å². The smallest absolute Gasteiger partial charge is 0.266 e. The third-order valence-corrected chi connectivity index (χ3v) is 4.24. The van der Waals surface area contributed by atoms with E-state index < -0.39 is 27.8 Å². The van der Waals surface area contributed by atoms with E-state index in [9.17, 15) is 21.6 Å². The predicted octanol–water partition coefficient (Wildman–Crippen LogP) is 2.07. The second-order valence-electron chi connectivity index (χ2n) is 4.46. The third-order valence-electron chi connectivity index (χ3n) is 2.94. The highest BCUT2D eigenvalue weighted by atomic mass is 32.2. The first-order valence-electron chi connectivity index (χ1n) is 6.39. The van der Waals surface area contributed by atoms with Gasteiger partial charge in [-0.2, -0.15) is 0 Å². The summed E-state index contributed by atoms with van der Waals surface area (Å²) in [6.07, 6.45) is -0.647. The van der Waals surface area contributed by atoms with Crippen LogP contribution in [0.1, 0.15) is 17.6 Å². The zero-order valence-corrected chi connectivity index (χ0v) is 12.7. The Labute approximate surface area is 130 Å². The normalized spacial score (nSPS) is 11.7. The molecular weight excluding hydrogens is 333 g/mol. The van der Waals surface area contributed by atoms with Crippen LogP contribution in [0, 0.1) is 5.82 Å². The third kappa shape index (κ3) is 4.17. The van der Waals surface area contributed by atoms with Crippen LogP contribution in [0.3, 0.4) is 0 Å². The maximum atomic E-state index is 13.2. The number of alkyl halides is 2. The Morgan fingerprint density at radius 1 is 1.22 bits per heavy atom. The molecule has 6 nitrogen and oxygen atoms in total. The molecule has 0 amide bonds. The van der Waals surface area contributed by atoms with Gasteiger partial charge in [0.05, 0.1) is 18.0 Å². The van der Waals surface area contributed by atoms with Gasteiger partial charge in [0, 0.05) is 6.54 Å². The van der Waals surface area contributed by atoms with E-state index >= 15 is 0 Å². The van der Waals surface area contributed by atoms with Crippen LogP contribution in [0.25, 0.3) is 0 Å². The minimum Gasteiger partial charge on any atom is -0.365 e. The molecule has 0 unspecified atom stereocenters. The molecule has 0 aliphatic rings. The monoisotopic (exact) mass is 346 g/mol. The van der Waals surface area contributed by atoms with E-state index in [1.807, 2.05) is 0 Å². The summed E-state index contributed by atoms with van der Waals surface area (Å²) in [5.74, 6) is -0.715. The number of halogens is 3. The number of sulfonamides is 1. The van der Waals surface area contributed by atoms with Gasteiger partial charge in [0.15, 0.2) is 5.03 Å². The molecule has 0 bridgehead atoms. The van der Waals surface area contributed by atoms with Gasteiger partial charge in [-0.1, -0.05) is 6.07 Å².